The molecule has 1 aromatic heterocycles. The Morgan fingerprint density at radius 3 is 2.44 bits per heavy atom. The number of nitrogens with two attached hydrogens (primary N) is 1. The fraction of sp³-hybridized carbons (Fsp3) is 0.400. The lowest BCUT2D eigenvalue weighted by atomic mass is 10.3. The zero-order valence-corrected chi connectivity index (χ0v) is 9.61. The lowest BCUT2D eigenvalue weighted by Crippen LogP contribution is -2.50. The molecule has 1 aromatic rings. The molecule has 0 atom stereocenters. The van der Waals surface area contributed by atoms with Gasteiger partial charge in [0.05, 0.1) is 0 Å². The van der Waals surface area contributed by atoms with Crippen LogP contribution in [0.3, 0.4) is 0 Å². The zero-order valence-electron chi connectivity index (χ0n) is 9.61. The van der Waals surface area contributed by atoms with Crippen molar-refractivity contribution in [3.8, 4) is 0 Å². The second-order valence-electron chi connectivity index (χ2n) is 3.88. The number of nitrogens with zero attached hydrogens (tertiary/aromatic N) is 4. The summed E-state index contributed by atoms with van der Waals surface area (Å²) in [6, 6.07) is 0.978. The van der Waals surface area contributed by atoms with Gasteiger partial charge in [0.2, 0.25) is 0 Å². The number of carboxylic acids is 1. The lowest BCUT2D eigenvalue weighted by Gasteiger charge is -2.34. The maximum absolute atomic E-state index is 11.0. The molecular formula is C10H13N5O3. The molecule has 0 bridgehead atoms. The molecule has 0 aromatic carbocycles. The van der Waals surface area contributed by atoms with Gasteiger partial charge in [-0.25, -0.2) is 19.6 Å². The molecule has 1 aliphatic heterocycles. The van der Waals surface area contributed by atoms with Crippen LogP contribution in [0.25, 0.3) is 0 Å². The molecule has 8 nitrogen and oxygen atoms in total. The van der Waals surface area contributed by atoms with Crippen molar-refractivity contribution in [1.29, 1.82) is 0 Å². The van der Waals surface area contributed by atoms with Crippen LogP contribution in [0.5, 0.6) is 0 Å². The van der Waals surface area contributed by atoms with E-state index in [9.17, 15) is 9.59 Å². The van der Waals surface area contributed by atoms with E-state index in [1.807, 2.05) is 4.90 Å². The number of anilines is 1. The molecular weight excluding hydrogens is 238 g/mol. The van der Waals surface area contributed by atoms with Gasteiger partial charge in [0.15, 0.2) is 5.69 Å². The minimum Gasteiger partial charge on any atom is -0.477 e. The maximum Gasteiger partial charge on any atom is 0.354 e. The fourth-order valence-electron chi connectivity index (χ4n) is 1.79. The Labute approximate surface area is 103 Å². The summed E-state index contributed by atoms with van der Waals surface area (Å²) < 4.78 is 0. The normalized spacial score (nSPS) is 15.6. The number of rotatable bonds is 2. The molecule has 0 aliphatic carbocycles. The number of carbonyl (C=O) groups excluding carboxylic acids is 1. The standard InChI is InChI=1S/C10H13N5O3/c11-10(18)15-3-1-14(2-4-15)8-5-7(9(16)17)12-6-13-8/h5-6H,1-4H2,(H2,11,18)(H,16,17). The second-order valence-corrected chi connectivity index (χ2v) is 3.88. The molecule has 1 saturated heterocycles. The summed E-state index contributed by atoms with van der Waals surface area (Å²) in [6.45, 7) is 2.14. The first-order valence-electron chi connectivity index (χ1n) is 5.42. The van der Waals surface area contributed by atoms with Crippen molar-refractivity contribution < 1.29 is 14.7 Å². The van der Waals surface area contributed by atoms with Crippen LogP contribution in [0.4, 0.5) is 10.6 Å². The Bertz CT molecular complexity index is 470. The number of carbonyl (C=O) groups is 2. The molecule has 2 heterocycles. The van der Waals surface area contributed by atoms with Crippen LogP contribution in [0.15, 0.2) is 12.4 Å². The Hall–Kier alpha value is -2.38. The molecule has 8 heteroatoms. The first-order valence-corrected chi connectivity index (χ1v) is 5.42. The van der Waals surface area contributed by atoms with Crippen LogP contribution in [-0.2, 0) is 0 Å². The van der Waals surface area contributed by atoms with E-state index >= 15 is 0 Å². The van der Waals surface area contributed by atoms with Gasteiger partial charge in [0.25, 0.3) is 0 Å². The van der Waals surface area contributed by atoms with Crippen LogP contribution in [-0.4, -0.2) is 58.2 Å². The van der Waals surface area contributed by atoms with Crippen LogP contribution in [0, 0.1) is 0 Å². The summed E-state index contributed by atoms with van der Waals surface area (Å²) in [6.07, 6.45) is 1.22. The predicted molar refractivity (Wildman–Crippen MR) is 62.4 cm³/mol. The van der Waals surface area contributed by atoms with Crippen molar-refractivity contribution in [2.75, 3.05) is 31.1 Å². The molecule has 0 spiro atoms. The number of piperazine rings is 1. The number of hydrogen-bond acceptors (Lipinski definition) is 5. The number of hydrogen-bond donors (Lipinski definition) is 2. The van der Waals surface area contributed by atoms with Crippen molar-refractivity contribution in [3.05, 3.63) is 18.1 Å². The van der Waals surface area contributed by atoms with Crippen molar-refractivity contribution in [2.24, 2.45) is 5.73 Å². The van der Waals surface area contributed by atoms with Gasteiger partial charge in [-0.1, -0.05) is 0 Å². The molecule has 1 fully saturated rings. The Kier molecular flexibility index (Phi) is 3.26. The van der Waals surface area contributed by atoms with Crippen LogP contribution in [0.2, 0.25) is 0 Å². The first-order chi connectivity index (χ1) is 8.58. The molecule has 0 radical (unpaired) electrons. The predicted octanol–water partition coefficient (Wildman–Crippen LogP) is -0.624. The number of amides is 2. The Balaban J connectivity index is 2.07. The highest BCUT2D eigenvalue weighted by Crippen LogP contribution is 2.13. The van der Waals surface area contributed by atoms with Gasteiger partial charge in [-0.15, -0.1) is 0 Å². The zero-order chi connectivity index (χ0) is 13.1. The van der Waals surface area contributed by atoms with Crippen LogP contribution >= 0.6 is 0 Å². The number of urea groups is 1. The van der Waals surface area contributed by atoms with Crippen LogP contribution in [0.1, 0.15) is 10.5 Å². The Morgan fingerprint density at radius 2 is 1.89 bits per heavy atom. The molecule has 3 N–H and O–H groups in total. The lowest BCUT2D eigenvalue weighted by molar-refractivity contribution is 0.0690. The van der Waals surface area contributed by atoms with Crippen molar-refractivity contribution >= 4 is 17.8 Å². The van der Waals surface area contributed by atoms with Crippen molar-refractivity contribution in [1.82, 2.24) is 14.9 Å². The summed E-state index contributed by atoms with van der Waals surface area (Å²) in [4.78, 5) is 32.9. The van der Waals surface area contributed by atoms with E-state index in [2.05, 4.69) is 9.97 Å². The third kappa shape index (κ3) is 2.47. The SMILES string of the molecule is NC(=O)N1CCN(c2cc(C(=O)O)ncn2)CC1. The summed E-state index contributed by atoms with van der Waals surface area (Å²) >= 11 is 0. The van der Waals surface area contributed by atoms with E-state index in [0.717, 1.165) is 0 Å². The molecule has 18 heavy (non-hydrogen) atoms. The van der Waals surface area contributed by atoms with E-state index in [1.54, 1.807) is 0 Å². The van der Waals surface area contributed by atoms with E-state index in [4.69, 9.17) is 10.8 Å². The highest BCUT2D eigenvalue weighted by Gasteiger charge is 2.20. The minimum absolute atomic E-state index is 0.0441. The minimum atomic E-state index is -1.09. The molecule has 2 rings (SSSR count). The number of primary amides is 1. The number of carboxylic acid groups (broad SMARTS) is 1. The number of aromatic carboxylic acids is 1. The first kappa shape index (κ1) is 12.1. The summed E-state index contributed by atoms with van der Waals surface area (Å²) in [5, 5.41) is 8.84. The van der Waals surface area contributed by atoms with Gasteiger partial charge < -0.3 is 20.6 Å². The topological polar surface area (TPSA) is 113 Å². The van der Waals surface area contributed by atoms with Crippen molar-refractivity contribution in [2.45, 2.75) is 0 Å². The monoisotopic (exact) mass is 251 g/mol. The van der Waals surface area contributed by atoms with E-state index in [1.165, 1.54) is 17.3 Å². The van der Waals surface area contributed by atoms with E-state index in [0.29, 0.717) is 32.0 Å². The van der Waals surface area contributed by atoms with Gasteiger partial charge in [-0.05, 0) is 0 Å². The summed E-state index contributed by atoms with van der Waals surface area (Å²) in [7, 11) is 0. The fourth-order valence-corrected chi connectivity index (χ4v) is 1.79. The van der Waals surface area contributed by atoms with Gasteiger partial charge >= 0.3 is 12.0 Å². The van der Waals surface area contributed by atoms with Crippen LogP contribution < -0.4 is 10.6 Å². The molecule has 96 valence electrons. The third-order valence-electron chi connectivity index (χ3n) is 2.79. The van der Waals surface area contributed by atoms with Gasteiger partial charge in [0.1, 0.15) is 12.1 Å². The molecule has 0 unspecified atom stereocenters. The highest BCUT2D eigenvalue weighted by molar-refractivity contribution is 5.86. The Morgan fingerprint density at radius 1 is 1.22 bits per heavy atom. The maximum atomic E-state index is 11.0. The summed E-state index contributed by atoms with van der Waals surface area (Å²) in [5.74, 6) is -0.541. The van der Waals surface area contributed by atoms with E-state index in [-0.39, 0.29) is 5.69 Å². The second kappa shape index (κ2) is 4.86. The molecule has 2 amide bonds. The summed E-state index contributed by atoms with van der Waals surface area (Å²) in [5.41, 5.74) is 5.14. The van der Waals surface area contributed by atoms with Gasteiger partial charge in [0, 0.05) is 32.2 Å². The van der Waals surface area contributed by atoms with Gasteiger partial charge in [-0.2, -0.15) is 0 Å². The average molecular weight is 251 g/mol. The van der Waals surface area contributed by atoms with E-state index < -0.39 is 12.0 Å². The average Bonchev–Trinajstić information content (AvgIpc) is 2.39. The highest BCUT2D eigenvalue weighted by atomic mass is 16.4. The number of aromatic nitrogens is 2. The molecule has 0 saturated carbocycles. The largest absolute Gasteiger partial charge is 0.477 e. The smallest absolute Gasteiger partial charge is 0.354 e. The third-order valence-corrected chi connectivity index (χ3v) is 2.79. The van der Waals surface area contributed by atoms with Crippen molar-refractivity contribution in [3.63, 3.8) is 0 Å². The quantitative estimate of drug-likeness (QED) is 0.724. The van der Waals surface area contributed by atoms with Gasteiger partial charge in [-0.3, -0.25) is 0 Å². The molecule has 1 aliphatic rings.